The van der Waals surface area contributed by atoms with Gasteiger partial charge in [0.2, 0.25) is 5.91 Å². The van der Waals surface area contributed by atoms with Crippen molar-refractivity contribution in [3.05, 3.63) is 0 Å². The van der Waals surface area contributed by atoms with Crippen LogP contribution in [0.1, 0.15) is 38.5 Å². The Morgan fingerprint density at radius 2 is 1.90 bits per heavy atom. The Balaban J connectivity index is 0.00000147. The maximum absolute atomic E-state index is 12.4. The largest absolute Gasteiger partial charge is 0.384 e. The number of rotatable bonds is 4. The van der Waals surface area contributed by atoms with E-state index in [1.807, 2.05) is 0 Å². The minimum Gasteiger partial charge on any atom is -0.384 e. The fourth-order valence-electron chi connectivity index (χ4n) is 4.15. The zero-order valence-electron chi connectivity index (χ0n) is 12.3. The van der Waals surface area contributed by atoms with E-state index in [2.05, 4.69) is 10.2 Å². The molecule has 3 unspecified atom stereocenters. The van der Waals surface area contributed by atoms with Crippen LogP contribution in [0.15, 0.2) is 0 Å². The fraction of sp³-hybridized carbons (Fsp3) is 0.933. The van der Waals surface area contributed by atoms with Crippen molar-refractivity contribution in [3.8, 4) is 0 Å². The molecule has 5 heteroatoms. The molecule has 2 bridgehead atoms. The molecule has 1 N–H and O–H groups in total. The van der Waals surface area contributed by atoms with Crippen LogP contribution in [-0.2, 0) is 9.53 Å². The maximum atomic E-state index is 12.4. The lowest BCUT2D eigenvalue weighted by Gasteiger charge is -2.30. The first kappa shape index (κ1) is 16.1. The van der Waals surface area contributed by atoms with Gasteiger partial charge in [-0.15, -0.1) is 12.4 Å². The summed E-state index contributed by atoms with van der Waals surface area (Å²) in [6.45, 7) is 2.64. The molecule has 3 saturated heterocycles. The van der Waals surface area contributed by atoms with Gasteiger partial charge in [-0.3, -0.25) is 4.79 Å². The number of carbonyl (C=O) groups excluding carboxylic acids is 1. The van der Waals surface area contributed by atoms with Crippen molar-refractivity contribution < 1.29 is 9.53 Å². The summed E-state index contributed by atoms with van der Waals surface area (Å²) in [4.78, 5) is 14.4. The molecule has 0 spiro atoms. The highest BCUT2D eigenvalue weighted by atomic mass is 35.5. The minimum atomic E-state index is 0. The smallest absolute Gasteiger partial charge is 0.222 e. The molecule has 116 valence electrons. The van der Waals surface area contributed by atoms with Gasteiger partial charge in [-0.1, -0.05) is 0 Å². The van der Waals surface area contributed by atoms with Crippen LogP contribution < -0.4 is 5.32 Å². The van der Waals surface area contributed by atoms with E-state index < -0.39 is 0 Å². The van der Waals surface area contributed by atoms with Gasteiger partial charge < -0.3 is 15.0 Å². The van der Waals surface area contributed by atoms with Gasteiger partial charge in [0.25, 0.3) is 0 Å². The quantitative estimate of drug-likeness (QED) is 0.861. The molecule has 3 fully saturated rings. The Labute approximate surface area is 128 Å². The predicted octanol–water partition coefficient (Wildman–Crippen LogP) is 1.82. The lowest BCUT2D eigenvalue weighted by atomic mass is 9.89. The molecule has 0 aliphatic carbocycles. The molecule has 0 aromatic rings. The molecule has 3 atom stereocenters. The van der Waals surface area contributed by atoms with Gasteiger partial charge in [0.05, 0.1) is 6.61 Å². The van der Waals surface area contributed by atoms with Crippen LogP contribution in [0.25, 0.3) is 0 Å². The first-order valence-corrected chi connectivity index (χ1v) is 7.77. The monoisotopic (exact) mass is 302 g/mol. The first-order chi connectivity index (χ1) is 9.24. The third-order valence-electron chi connectivity index (χ3n) is 5.07. The second kappa shape index (κ2) is 7.10. The predicted molar refractivity (Wildman–Crippen MR) is 81.1 cm³/mol. The topological polar surface area (TPSA) is 41.6 Å². The third-order valence-corrected chi connectivity index (χ3v) is 5.07. The number of amides is 1. The summed E-state index contributed by atoms with van der Waals surface area (Å²) in [6.07, 6.45) is 6.92. The SMILES string of the molecule is COCC1CCN(C(=O)CC2CC3CCC(C2)N3)C1.Cl. The highest BCUT2D eigenvalue weighted by Crippen LogP contribution is 2.33. The Bertz CT molecular complexity index is 328. The van der Waals surface area contributed by atoms with E-state index >= 15 is 0 Å². The Morgan fingerprint density at radius 3 is 2.55 bits per heavy atom. The molecule has 3 aliphatic rings. The van der Waals surface area contributed by atoms with Gasteiger partial charge in [0.1, 0.15) is 0 Å². The van der Waals surface area contributed by atoms with E-state index in [-0.39, 0.29) is 12.4 Å². The lowest BCUT2D eigenvalue weighted by molar-refractivity contribution is -0.131. The second-order valence-corrected chi connectivity index (χ2v) is 6.63. The number of carbonyl (C=O) groups is 1. The summed E-state index contributed by atoms with van der Waals surface area (Å²) < 4.78 is 5.19. The van der Waals surface area contributed by atoms with E-state index in [9.17, 15) is 4.79 Å². The molecule has 3 heterocycles. The number of likely N-dealkylation sites (tertiary alicyclic amines) is 1. The van der Waals surface area contributed by atoms with Crippen molar-refractivity contribution in [1.82, 2.24) is 10.2 Å². The first-order valence-electron chi connectivity index (χ1n) is 7.77. The third kappa shape index (κ3) is 3.66. The maximum Gasteiger partial charge on any atom is 0.222 e. The number of piperidine rings is 1. The normalized spacial score (nSPS) is 36.0. The molecule has 0 aromatic heterocycles. The van der Waals surface area contributed by atoms with Crippen molar-refractivity contribution >= 4 is 18.3 Å². The summed E-state index contributed by atoms with van der Waals surface area (Å²) in [7, 11) is 1.75. The summed E-state index contributed by atoms with van der Waals surface area (Å²) in [5.41, 5.74) is 0. The number of nitrogens with one attached hydrogen (secondary N) is 1. The molecule has 3 aliphatic heterocycles. The molecular weight excluding hydrogens is 276 g/mol. The highest BCUT2D eigenvalue weighted by Gasteiger charge is 2.35. The molecule has 1 amide bonds. The van der Waals surface area contributed by atoms with Gasteiger partial charge in [0, 0.05) is 44.6 Å². The average molecular weight is 303 g/mol. The molecule has 0 aromatic carbocycles. The van der Waals surface area contributed by atoms with E-state index in [0.29, 0.717) is 29.8 Å². The molecular formula is C15H27ClN2O2. The van der Waals surface area contributed by atoms with E-state index in [0.717, 1.165) is 32.5 Å². The summed E-state index contributed by atoms with van der Waals surface area (Å²) in [5, 5.41) is 3.65. The van der Waals surface area contributed by atoms with E-state index in [1.165, 1.54) is 25.7 Å². The van der Waals surface area contributed by atoms with Crippen molar-refractivity contribution in [1.29, 1.82) is 0 Å². The van der Waals surface area contributed by atoms with Crippen molar-refractivity contribution in [2.75, 3.05) is 26.8 Å². The highest BCUT2D eigenvalue weighted by molar-refractivity contribution is 5.85. The standard InChI is InChI=1S/C15H26N2O2.ClH/c1-19-10-11-4-5-17(9-11)15(18)8-12-6-13-2-3-14(7-12)16-13;/h11-14,16H,2-10H2,1H3;1H. The summed E-state index contributed by atoms with van der Waals surface area (Å²) in [5.74, 6) is 1.55. The Kier molecular flexibility index (Phi) is 5.70. The van der Waals surface area contributed by atoms with Gasteiger partial charge in [-0.2, -0.15) is 0 Å². The molecule has 0 radical (unpaired) electrons. The van der Waals surface area contributed by atoms with Gasteiger partial charge >= 0.3 is 0 Å². The summed E-state index contributed by atoms with van der Waals surface area (Å²) in [6, 6.07) is 1.38. The minimum absolute atomic E-state index is 0. The van der Waals surface area contributed by atoms with Crippen LogP contribution in [-0.4, -0.2) is 49.7 Å². The molecule has 4 nitrogen and oxygen atoms in total. The van der Waals surface area contributed by atoms with Crippen LogP contribution in [0.2, 0.25) is 0 Å². The number of ether oxygens (including phenoxy) is 1. The van der Waals surface area contributed by atoms with Crippen molar-refractivity contribution in [2.24, 2.45) is 11.8 Å². The van der Waals surface area contributed by atoms with Crippen LogP contribution in [0.4, 0.5) is 0 Å². The average Bonchev–Trinajstić information content (AvgIpc) is 2.97. The van der Waals surface area contributed by atoms with Crippen LogP contribution in [0, 0.1) is 11.8 Å². The molecule has 3 rings (SSSR count). The van der Waals surface area contributed by atoms with Crippen LogP contribution in [0.5, 0.6) is 0 Å². The van der Waals surface area contributed by atoms with E-state index in [4.69, 9.17) is 4.74 Å². The second-order valence-electron chi connectivity index (χ2n) is 6.63. The van der Waals surface area contributed by atoms with Gasteiger partial charge in [-0.05, 0) is 38.0 Å². The Hall–Kier alpha value is -0.320. The number of nitrogens with zero attached hydrogens (tertiary/aromatic N) is 1. The Morgan fingerprint density at radius 1 is 1.20 bits per heavy atom. The summed E-state index contributed by atoms with van der Waals surface area (Å²) >= 11 is 0. The number of hydrogen-bond donors (Lipinski definition) is 1. The van der Waals surface area contributed by atoms with Crippen molar-refractivity contribution in [3.63, 3.8) is 0 Å². The van der Waals surface area contributed by atoms with Gasteiger partial charge in [0.15, 0.2) is 0 Å². The molecule has 20 heavy (non-hydrogen) atoms. The molecule has 0 saturated carbocycles. The lowest BCUT2D eigenvalue weighted by Crippen LogP contribution is -2.40. The van der Waals surface area contributed by atoms with Crippen LogP contribution >= 0.6 is 12.4 Å². The number of halogens is 1. The van der Waals surface area contributed by atoms with Crippen LogP contribution in [0.3, 0.4) is 0 Å². The van der Waals surface area contributed by atoms with E-state index in [1.54, 1.807) is 7.11 Å². The zero-order valence-corrected chi connectivity index (χ0v) is 13.2. The van der Waals surface area contributed by atoms with Gasteiger partial charge in [-0.25, -0.2) is 0 Å². The van der Waals surface area contributed by atoms with Crippen molar-refractivity contribution in [2.45, 2.75) is 50.6 Å². The fourth-order valence-corrected chi connectivity index (χ4v) is 4.15. The number of methoxy groups -OCH3 is 1. The zero-order chi connectivity index (χ0) is 13.2. The number of fused-ring (bicyclic) bond motifs is 2. The number of hydrogen-bond acceptors (Lipinski definition) is 3.